The smallest absolute Gasteiger partial charge is 0.136 e. The second-order valence-corrected chi connectivity index (χ2v) is 10.9. The molecule has 0 aliphatic heterocycles. The van der Waals surface area contributed by atoms with E-state index in [1.165, 1.54) is 0 Å². The number of para-hydroxylation sites is 2. The van der Waals surface area contributed by atoms with Crippen molar-refractivity contribution in [2.24, 2.45) is 0 Å². The quantitative estimate of drug-likeness (QED) is 0.204. The molecule has 0 atom stereocenters. The Balaban J connectivity index is 1.59. The third-order valence-corrected chi connectivity index (χ3v) is 8.32. The number of fused-ring (bicyclic) bond motifs is 2. The molecule has 0 aliphatic rings. The lowest BCUT2D eigenvalue weighted by Crippen LogP contribution is -2.27. The van der Waals surface area contributed by atoms with Crippen LogP contribution in [0.25, 0.3) is 33.2 Å². The topological polar surface area (TPSA) is 33.6 Å². The minimum atomic E-state index is -1.12. The lowest BCUT2D eigenvalue weighted by Gasteiger charge is -2.27. The van der Waals surface area contributed by atoms with Gasteiger partial charge in [0.15, 0.2) is 0 Å². The average Bonchev–Trinajstić information content (AvgIpc) is 3.60. The molecule has 41 heavy (non-hydrogen) atoms. The molecule has 0 bridgehead atoms. The minimum Gasteiger partial charge on any atom is -0.316 e. The highest BCUT2D eigenvalue weighted by Gasteiger charge is 2.41. The monoisotopic (exact) mass is 567 g/mol. The summed E-state index contributed by atoms with van der Waals surface area (Å²) in [5.41, 5.74) is 5.59. The van der Waals surface area contributed by atoms with E-state index in [1.807, 2.05) is 103 Å². The fourth-order valence-electron chi connectivity index (χ4n) is 5.92. The highest BCUT2D eigenvalue weighted by atomic mass is 35.5. The Labute approximate surface area is 248 Å². The van der Waals surface area contributed by atoms with E-state index in [9.17, 15) is 5.26 Å². The van der Waals surface area contributed by atoms with Crippen molar-refractivity contribution in [3.05, 3.63) is 167 Å². The SMILES string of the molecule is N#CC(c1ccccc1)(c1cn(-c2ccc(Cl)cc2)c2ccccc12)c1cn(-c2ccc(Cl)cc2)c2ccccc12. The molecule has 2 heterocycles. The summed E-state index contributed by atoms with van der Waals surface area (Å²) < 4.78 is 4.29. The van der Waals surface area contributed by atoms with Crippen molar-refractivity contribution in [3.63, 3.8) is 0 Å². The van der Waals surface area contributed by atoms with Crippen molar-refractivity contribution >= 4 is 45.0 Å². The zero-order chi connectivity index (χ0) is 28.0. The minimum absolute atomic E-state index is 0.677. The molecule has 7 rings (SSSR count). The van der Waals surface area contributed by atoms with Gasteiger partial charge in [0.25, 0.3) is 0 Å². The van der Waals surface area contributed by atoms with Gasteiger partial charge in [-0.3, -0.25) is 0 Å². The average molecular weight is 569 g/mol. The van der Waals surface area contributed by atoms with E-state index in [2.05, 4.69) is 51.9 Å². The van der Waals surface area contributed by atoms with Crippen LogP contribution in [0.1, 0.15) is 16.7 Å². The van der Waals surface area contributed by atoms with Crippen LogP contribution < -0.4 is 0 Å². The summed E-state index contributed by atoms with van der Waals surface area (Å²) in [6.45, 7) is 0. The predicted molar refractivity (Wildman–Crippen MR) is 169 cm³/mol. The molecule has 3 nitrogen and oxygen atoms in total. The van der Waals surface area contributed by atoms with Gasteiger partial charge in [-0.15, -0.1) is 0 Å². The highest BCUT2D eigenvalue weighted by molar-refractivity contribution is 6.30. The summed E-state index contributed by atoms with van der Waals surface area (Å²) in [5.74, 6) is 0. The Bertz CT molecular complexity index is 1940. The Morgan fingerprint density at radius 3 is 1.37 bits per heavy atom. The van der Waals surface area contributed by atoms with Crippen LogP contribution in [-0.2, 0) is 5.41 Å². The summed E-state index contributed by atoms with van der Waals surface area (Å²) in [6, 6.07) is 45.0. The third-order valence-electron chi connectivity index (χ3n) is 7.82. The van der Waals surface area contributed by atoms with Crippen molar-refractivity contribution in [1.82, 2.24) is 9.13 Å². The van der Waals surface area contributed by atoms with Crippen LogP contribution in [-0.4, -0.2) is 9.13 Å². The molecular weight excluding hydrogens is 545 g/mol. The molecule has 0 N–H and O–H groups in total. The molecule has 0 radical (unpaired) electrons. The van der Waals surface area contributed by atoms with Crippen molar-refractivity contribution in [1.29, 1.82) is 5.26 Å². The normalized spacial score (nSPS) is 11.6. The van der Waals surface area contributed by atoms with Gasteiger partial charge in [0, 0.05) is 55.7 Å². The number of rotatable bonds is 5. The lowest BCUT2D eigenvalue weighted by atomic mass is 9.70. The third kappa shape index (κ3) is 4.04. The molecule has 0 unspecified atom stereocenters. The second kappa shape index (κ2) is 10.0. The van der Waals surface area contributed by atoms with Gasteiger partial charge in [-0.1, -0.05) is 89.9 Å². The molecule has 0 spiro atoms. The summed E-state index contributed by atoms with van der Waals surface area (Å²) in [7, 11) is 0. The summed E-state index contributed by atoms with van der Waals surface area (Å²) >= 11 is 12.5. The number of aromatic nitrogens is 2. The van der Waals surface area contributed by atoms with Crippen molar-refractivity contribution in [2.75, 3.05) is 0 Å². The Hall–Kier alpha value is -4.75. The van der Waals surface area contributed by atoms with E-state index in [-0.39, 0.29) is 0 Å². The molecule has 2 aromatic heterocycles. The Morgan fingerprint density at radius 2 is 0.927 bits per heavy atom. The fourth-order valence-corrected chi connectivity index (χ4v) is 6.17. The number of hydrogen-bond donors (Lipinski definition) is 0. The maximum absolute atomic E-state index is 11.4. The van der Waals surface area contributed by atoms with Gasteiger partial charge in [-0.2, -0.15) is 5.26 Å². The second-order valence-electron chi connectivity index (χ2n) is 10.0. The molecule has 5 heteroatoms. The number of nitrogens with zero attached hydrogens (tertiary/aromatic N) is 3. The summed E-state index contributed by atoms with van der Waals surface area (Å²) in [4.78, 5) is 0. The first-order chi connectivity index (χ1) is 20.1. The van der Waals surface area contributed by atoms with Crippen LogP contribution in [0.15, 0.2) is 140 Å². The molecule has 0 saturated heterocycles. The van der Waals surface area contributed by atoms with E-state index in [0.717, 1.165) is 49.9 Å². The maximum atomic E-state index is 11.4. The van der Waals surface area contributed by atoms with Gasteiger partial charge in [-0.25, -0.2) is 0 Å². The van der Waals surface area contributed by atoms with Crippen molar-refractivity contribution in [2.45, 2.75) is 5.41 Å². The van der Waals surface area contributed by atoms with Crippen LogP contribution in [0.3, 0.4) is 0 Å². The molecule has 0 aliphatic carbocycles. The first-order valence-corrected chi connectivity index (χ1v) is 14.1. The summed E-state index contributed by atoms with van der Waals surface area (Å²) in [6.07, 6.45) is 4.22. The zero-order valence-electron chi connectivity index (χ0n) is 21.9. The van der Waals surface area contributed by atoms with Crippen molar-refractivity contribution < 1.29 is 0 Å². The molecular formula is C36H23Cl2N3. The zero-order valence-corrected chi connectivity index (χ0v) is 23.4. The van der Waals surface area contributed by atoms with Gasteiger partial charge >= 0.3 is 0 Å². The van der Waals surface area contributed by atoms with E-state index >= 15 is 0 Å². The first-order valence-electron chi connectivity index (χ1n) is 13.3. The number of hydrogen-bond acceptors (Lipinski definition) is 1. The van der Waals surface area contributed by atoms with E-state index < -0.39 is 5.41 Å². The van der Waals surface area contributed by atoms with Gasteiger partial charge in [0.05, 0.1) is 17.1 Å². The lowest BCUT2D eigenvalue weighted by molar-refractivity contribution is 0.803. The van der Waals surface area contributed by atoms with Crippen LogP contribution >= 0.6 is 23.2 Å². The predicted octanol–water partition coefficient (Wildman–Crippen LogP) is 9.74. The number of benzene rings is 5. The molecule has 196 valence electrons. The first kappa shape index (κ1) is 25.2. The Morgan fingerprint density at radius 1 is 0.512 bits per heavy atom. The van der Waals surface area contributed by atoms with Crippen LogP contribution in [0.5, 0.6) is 0 Å². The van der Waals surface area contributed by atoms with Gasteiger partial charge < -0.3 is 9.13 Å². The van der Waals surface area contributed by atoms with Gasteiger partial charge in [0.2, 0.25) is 0 Å². The maximum Gasteiger partial charge on any atom is 0.136 e. The standard InChI is InChI=1S/C36H23Cl2N3/c37-26-14-18-28(19-15-26)40-22-32(30-10-4-6-12-34(30)40)36(24-39,25-8-2-1-3-9-25)33-23-41(29-20-16-27(38)17-21-29)35-13-7-5-11-31(33)35/h1-23H. The van der Waals surface area contributed by atoms with Crippen molar-refractivity contribution in [3.8, 4) is 17.4 Å². The largest absolute Gasteiger partial charge is 0.316 e. The number of nitriles is 1. The number of halogens is 2. The summed E-state index contributed by atoms with van der Waals surface area (Å²) in [5, 5.41) is 14.8. The van der Waals surface area contributed by atoms with Gasteiger partial charge in [-0.05, 0) is 66.2 Å². The molecule has 7 aromatic rings. The van der Waals surface area contributed by atoms with E-state index in [0.29, 0.717) is 10.0 Å². The van der Waals surface area contributed by atoms with Gasteiger partial charge in [0.1, 0.15) is 5.41 Å². The highest BCUT2D eigenvalue weighted by Crippen LogP contribution is 2.46. The van der Waals surface area contributed by atoms with Crippen LogP contribution in [0, 0.1) is 11.3 Å². The fraction of sp³-hybridized carbons (Fsp3) is 0.0278. The van der Waals surface area contributed by atoms with E-state index in [1.54, 1.807) is 0 Å². The molecule has 0 amide bonds. The molecule has 5 aromatic carbocycles. The van der Waals surface area contributed by atoms with Crippen LogP contribution in [0.2, 0.25) is 10.0 Å². The van der Waals surface area contributed by atoms with Crippen LogP contribution in [0.4, 0.5) is 0 Å². The molecule has 0 saturated carbocycles. The molecule has 0 fully saturated rings. The van der Waals surface area contributed by atoms with E-state index in [4.69, 9.17) is 23.2 Å². The Kier molecular flexibility index (Phi) is 6.16.